The van der Waals surface area contributed by atoms with Crippen LogP contribution in [0.15, 0.2) is 66.7 Å². The van der Waals surface area contributed by atoms with Gasteiger partial charge >= 0.3 is 6.09 Å². The normalized spacial score (nSPS) is 16.1. The van der Waals surface area contributed by atoms with Crippen LogP contribution in [0.5, 0.6) is 11.5 Å². The van der Waals surface area contributed by atoms with Crippen LogP contribution in [0.4, 0.5) is 14.9 Å². The molecule has 4 rings (SSSR count). The van der Waals surface area contributed by atoms with Crippen LogP contribution in [0.3, 0.4) is 0 Å². The molecule has 1 heterocycles. The summed E-state index contributed by atoms with van der Waals surface area (Å²) in [5.74, 6) is 0.871. The first kappa shape index (κ1) is 35.7. The van der Waals surface area contributed by atoms with E-state index in [1.165, 1.54) is 21.9 Å². The predicted molar refractivity (Wildman–Crippen MR) is 176 cm³/mol. The van der Waals surface area contributed by atoms with E-state index < -0.39 is 18.0 Å². The summed E-state index contributed by atoms with van der Waals surface area (Å²) in [6, 6.07) is 19.8. The molecule has 1 saturated heterocycles. The van der Waals surface area contributed by atoms with Crippen LogP contribution in [0.25, 0.3) is 0 Å². The molecule has 0 saturated carbocycles. The summed E-state index contributed by atoms with van der Waals surface area (Å²) in [4.78, 5) is 27.5. The topological polar surface area (TPSA) is 107 Å². The van der Waals surface area contributed by atoms with Crippen LogP contribution in [0.1, 0.15) is 48.3 Å². The maximum atomic E-state index is 14.3. The second kappa shape index (κ2) is 18.2. The molecule has 0 aliphatic carbocycles. The van der Waals surface area contributed by atoms with Gasteiger partial charge in [-0.2, -0.15) is 0 Å². The number of ether oxygens (including phenoxy) is 5. The van der Waals surface area contributed by atoms with Gasteiger partial charge in [0, 0.05) is 62.9 Å². The second-order valence-electron chi connectivity index (χ2n) is 11.4. The van der Waals surface area contributed by atoms with E-state index in [2.05, 4.69) is 0 Å². The number of carboxylic acid groups (broad SMARTS) is 1. The molecule has 3 aromatic rings. The van der Waals surface area contributed by atoms with Crippen molar-refractivity contribution in [1.29, 1.82) is 0 Å². The molecule has 0 radical (unpaired) electrons. The van der Waals surface area contributed by atoms with Crippen molar-refractivity contribution < 1.29 is 42.8 Å². The van der Waals surface area contributed by atoms with Crippen molar-refractivity contribution in [2.24, 2.45) is 0 Å². The molecule has 2 amide bonds. The van der Waals surface area contributed by atoms with Crippen molar-refractivity contribution >= 4 is 17.7 Å². The van der Waals surface area contributed by atoms with E-state index >= 15 is 0 Å². The Morgan fingerprint density at radius 3 is 2.49 bits per heavy atom. The molecular weight excluding hydrogens is 607 g/mol. The predicted octanol–water partition coefficient (Wildman–Crippen LogP) is 6.26. The van der Waals surface area contributed by atoms with E-state index in [0.29, 0.717) is 57.1 Å². The van der Waals surface area contributed by atoms with Gasteiger partial charge in [0.05, 0.1) is 46.2 Å². The number of piperidine rings is 1. The molecule has 11 heteroatoms. The van der Waals surface area contributed by atoms with Crippen molar-refractivity contribution in [3.05, 3.63) is 89.2 Å². The maximum Gasteiger partial charge on any atom is 0.407 e. The lowest BCUT2D eigenvalue weighted by Crippen LogP contribution is -2.46. The van der Waals surface area contributed by atoms with Gasteiger partial charge in [-0.1, -0.05) is 30.3 Å². The van der Waals surface area contributed by atoms with Gasteiger partial charge in [-0.05, 0) is 54.8 Å². The van der Waals surface area contributed by atoms with Crippen molar-refractivity contribution in [2.45, 2.75) is 50.9 Å². The van der Waals surface area contributed by atoms with Crippen molar-refractivity contribution in [2.75, 3.05) is 59.1 Å². The molecule has 47 heavy (non-hydrogen) atoms. The Morgan fingerprint density at radius 1 is 0.957 bits per heavy atom. The first-order valence-corrected chi connectivity index (χ1v) is 15.9. The maximum absolute atomic E-state index is 14.3. The zero-order valence-corrected chi connectivity index (χ0v) is 27.4. The largest absolute Gasteiger partial charge is 0.496 e. The van der Waals surface area contributed by atoms with Crippen molar-refractivity contribution in [1.82, 2.24) is 4.90 Å². The minimum atomic E-state index is -1.01. The molecular formula is C36H45FN2O8. The first-order valence-electron chi connectivity index (χ1n) is 15.9. The third kappa shape index (κ3) is 10.4. The number of nitrogens with zero attached hydrogens (tertiary/aromatic N) is 2. The summed E-state index contributed by atoms with van der Waals surface area (Å²) >= 11 is 0. The highest BCUT2D eigenvalue weighted by molar-refractivity contribution is 5.93. The van der Waals surface area contributed by atoms with E-state index in [9.17, 15) is 19.1 Å². The fourth-order valence-corrected chi connectivity index (χ4v) is 5.67. The summed E-state index contributed by atoms with van der Waals surface area (Å²) in [6.45, 7) is 2.52. The number of para-hydroxylation sites is 1. The molecule has 0 bridgehead atoms. The second-order valence-corrected chi connectivity index (χ2v) is 11.4. The lowest BCUT2D eigenvalue weighted by molar-refractivity contribution is -0.118. The van der Waals surface area contributed by atoms with Crippen molar-refractivity contribution in [3.63, 3.8) is 0 Å². The van der Waals surface area contributed by atoms with Gasteiger partial charge < -0.3 is 38.6 Å². The summed E-state index contributed by atoms with van der Waals surface area (Å²) in [5, 5.41) is 9.69. The zero-order valence-electron chi connectivity index (χ0n) is 27.4. The van der Waals surface area contributed by atoms with E-state index in [1.54, 1.807) is 27.3 Å². The molecule has 1 aliphatic rings. The number of anilines is 1. The number of halogens is 1. The van der Waals surface area contributed by atoms with Crippen LogP contribution in [0, 0.1) is 5.82 Å². The molecule has 254 valence electrons. The van der Waals surface area contributed by atoms with Gasteiger partial charge in [-0.15, -0.1) is 0 Å². The molecule has 3 aromatic carbocycles. The van der Waals surface area contributed by atoms with Crippen molar-refractivity contribution in [3.8, 4) is 11.5 Å². The summed E-state index contributed by atoms with van der Waals surface area (Å²) in [5.41, 5.74) is 3.05. The minimum Gasteiger partial charge on any atom is -0.496 e. The van der Waals surface area contributed by atoms with E-state index in [-0.39, 0.29) is 31.4 Å². The number of hydrogen-bond donors (Lipinski definition) is 1. The summed E-state index contributed by atoms with van der Waals surface area (Å²) in [7, 11) is 4.88. The number of carbonyl (C=O) groups excluding carboxylic acids is 1. The monoisotopic (exact) mass is 652 g/mol. The Hall–Kier alpha value is -4.19. The third-order valence-electron chi connectivity index (χ3n) is 8.26. The fourth-order valence-electron chi connectivity index (χ4n) is 5.67. The number of carbonyl (C=O) groups is 2. The van der Waals surface area contributed by atoms with Gasteiger partial charge in [-0.25, -0.2) is 9.18 Å². The average molecular weight is 653 g/mol. The Kier molecular flexibility index (Phi) is 13.8. The number of benzene rings is 3. The Balaban J connectivity index is 1.34. The first-order chi connectivity index (χ1) is 22.8. The molecule has 0 spiro atoms. The molecule has 1 fully saturated rings. The van der Waals surface area contributed by atoms with E-state index in [1.807, 2.05) is 48.5 Å². The van der Waals surface area contributed by atoms with Crippen LogP contribution >= 0.6 is 0 Å². The minimum absolute atomic E-state index is 0.0116. The van der Waals surface area contributed by atoms with Gasteiger partial charge in [0.2, 0.25) is 5.91 Å². The molecule has 2 atom stereocenters. The molecule has 0 aromatic heterocycles. The number of hydrogen-bond acceptors (Lipinski definition) is 7. The number of methoxy groups -OCH3 is 2. The SMILES string of the molecule is COCCCC(=O)N(C)c1ccc(F)cc1COC1CN(C(=O)O)CCC1c1ccc(OCCCOCc2ccccc2OC)cc1. The Bertz CT molecular complexity index is 1440. The third-order valence-corrected chi connectivity index (χ3v) is 8.26. The molecule has 10 nitrogen and oxygen atoms in total. The quantitative estimate of drug-likeness (QED) is 0.170. The number of rotatable bonds is 17. The van der Waals surface area contributed by atoms with Crippen LogP contribution in [-0.4, -0.2) is 82.3 Å². The summed E-state index contributed by atoms with van der Waals surface area (Å²) < 4.78 is 42.8. The molecule has 1 N–H and O–H groups in total. The highest BCUT2D eigenvalue weighted by Crippen LogP contribution is 2.33. The van der Waals surface area contributed by atoms with Gasteiger partial charge in [0.25, 0.3) is 0 Å². The Labute approximate surface area is 275 Å². The van der Waals surface area contributed by atoms with Gasteiger partial charge in [0.15, 0.2) is 0 Å². The van der Waals surface area contributed by atoms with Crippen LogP contribution in [0.2, 0.25) is 0 Å². The Morgan fingerprint density at radius 2 is 1.74 bits per heavy atom. The van der Waals surface area contributed by atoms with Gasteiger partial charge in [-0.3, -0.25) is 4.79 Å². The average Bonchev–Trinajstić information content (AvgIpc) is 3.09. The smallest absolute Gasteiger partial charge is 0.407 e. The fraction of sp³-hybridized carbons (Fsp3) is 0.444. The zero-order chi connectivity index (χ0) is 33.6. The van der Waals surface area contributed by atoms with Crippen LogP contribution < -0.4 is 14.4 Å². The molecule has 2 unspecified atom stereocenters. The highest BCUT2D eigenvalue weighted by Gasteiger charge is 2.33. The lowest BCUT2D eigenvalue weighted by atomic mass is 9.87. The standard InChI is InChI=1S/C36H45FN2O8/c1-38(35(40)10-6-19-43-2)32-16-13-29(37)22-28(32)25-47-34-23-39(36(41)42)18-17-31(34)26-11-14-30(15-12-26)46-21-7-20-45-24-27-8-4-5-9-33(27)44-3/h4-5,8-9,11-16,22,31,34H,6-7,10,17-21,23-25H2,1-3H3,(H,41,42). The number of likely N-dealkylation sites (tertiary alicyclic amines) is 1. The summed E-state index contributed by atoms with van der Waals surface area (Å²) in [6.07, 6.45) is 0.652. The van der Waals surface area contributed by atoms with E-state index in [4.69, 9.17) is 23.7 Å². The number of amides is 2. The lowest BCUT2D eigenvalue weighted by Gasteiger charge is -2.37. The molecule has 1 aliphatic heterocycles. The highest BCUT2D eigenvalue weighted by atomic mass is 19.1. The van der Waals surface area contributed by atoms with Crippen LogP contribution in [-0.2, 0) is 32.2 Å². The van der Waals surface area contributed by atoms with E-state index in [0.717, 1.165) is 29.0 Å². The van der Waals surface area contributed by atoms with Gasteiger partial charge in [0.1, 0.15) is 17.3 Å².